The molecule has 0 heterocycles. The van der Waals surface area contributed by atoms with E-state index < -0.39 is 5.97 Å². The number of esters is 1. The van der Waals surface area contributed by atoms with E-state index in [4.69, 9.17) is 21.6 Å². The molecule has 7 heteroatoms. The van der Waals surface area contributed by atoms with Crippen LogP contribution in [-0.4, -0.2) is 11.8 Å². The van der Waals surface area contributed by atoms with Crippen molar-refractivity contribution in [2.45, 2.75) is 6.54 Å². The third-order valence-corrected chi connectivity index (χ3v) is 3.76. The summed E-state index contributed by atoms with van der Waals surface area (Å²) >= 11 is 0. The predicted octanol–water partition coefficient (Wildman–Crippen LogP) is 3.65. The van der Waals surface area contributed by atoms with Crippen molar-refractivity contribution in [1.29, 1.82) is 5.41 Å². The Morgan fingerprint density at radius 1 is 0.885 bits per heavy atom. The highest BCUT2D eigenvalue weighted by atomic mass is 35.5. The summed E-state index contributed by atoms with van der Waals surface area (Å²) in [6.07, 6.45) is 0. The Kier molecular flexibility index (Phi) is 7.58. The van der Waals surface area contributed by atoms with E-state index in [0.29, 0.717) is 23.4 Å². The molecule has 0 saturated carbocycles. The number of hydrogen-bond acceptors (Lipinski definition) is 4. The molecule has 136 valence electrons. The van der Waals surface area contributed by atoms with E-state index in [-0.39, 0.29) is 30.6 Å². The minimum absolute atomic E-state index is 0. The second-order valence-electron chi connectivity index (χ2n) is 5.43. The number of ether oxygens (including phenoxy) is 1. The fourth-order valence-electron chi connectivity index (χ4n) is 2.40. The lowest BCUT2D eigenvalue weighted by atomic mass is 10.1. The molecule has 3 aromatic carbocycles. The summed E-state index contributed by atoms with van der Waals surface area (Å²) in [7, 11) is 0. The zero-order chi connectivity index (χ0) is 17.1. The van der Waals surface area contributed by atoms with Crippen LogP contribution in [0, 0.1) is 5.41 Å². The molecule has 0 aliphatic heterocycles. The van der Waals surface area contributed by atoms with Crippen molar-refractivity contribution >= 4 is 47.4 Å². The number of amidine groups is 1. The Labute approximate surface area is 163 Å². The number of rotatable bonds is 4. The van der Waals surface area contributed by atoms with Crippen molar-refractivity contribution in [3.05, 3.63) is 77.4 Å². The van der Waals surface area contributed by atoms with Gasteiger partial charge >= 0.3 is 5.97 Å². The van der Waals surface area contributed by atoms with E-state index in [2.05, 4.69) is 0 Å². The Morgan fingerprint density at radius 2 is 1.46 bits per heavy atom. The number of nitrogens with two attached hydrogens (primary N) is 2. The van der Waals surface area contributed by atoms with Crippen LogP contribution in [0.2, 0.25) is 0 Å². The molecule has 0 fully saturated rings. The second-order valence-corrected chi connectivity index (χ2v) is 5.43. The van der Waals surface area contributed by atoms with Crippen LogP contribution < -0.4 is 16.2 Å². The minimum Gasteiger partial charge on any atom is -0.423 e. The zero-order valence-electron chi connectivity index (χ0n) is 13.8. The number of hydrogen-bond donors (Lipinski definition) is 3. The number of benzene rings is 3. The minimum atomic E-state index is -0.418. The molecule has 0 spiro atoms. The third kappa shape index (κ3) is 4.73. The first-order valence-corrected chi connectivity index (χ1v) is 7.46. The topological polar surface area (TPSA) is 102 Å². The van der Waals surface area contributed by atoms with E-state index >= 15 is 0 Å². The van der Waals surface area contributed by atoms with Gasteiger partial charge in [0.25, 0.3) is 0 Å². The summed E-state index contributed by atoms with van der Waals surface area (Å²) in [5, 5.41) is 9.30. The van der Waals surface area contributed by atoms with E-state index in [9.17, 15) is 4.79 Å². The molecule has 5 N–H and O–H groups in total. The standard InChI is InChI=1S/C19H17N3O2.2ClH/c20-11-12-1-3-13(4-2-12)19(23)24-17-8-7-14-9-16(18(21)22)6-5-15(14)10-17;;/h1-10H,11,20H2,(H3,21,22);2*1H. The highest BCUT2D eigenvalue weighted by molar-refractivity contribution is 5.99. The lowest BCUT2D eigenvalue weighted by Gasteiger charge is -2.07. The first kappa shape index (κ1) is 21.4. The van der Waals surface area contributed by atoms with E-state index in [1.807, 2.05) is 18.2 Å². The Hall–Kier alpha value is -2.60. The normalized spacial score (nSPS) is 9.73. The fraction of sp³-hybridized carbons (Fsp3) is 0.0526. The Balaban J connectivity index is 0.00000169. The molecule has 0 saturated heterocycles. The largest absolute Gasteiger partial charge is 0.423 e. The zero-order valence-corrected chi connectivity index (χ0v) is 15.4. The number of halogens is 2. The summed E-state index contributed by atoms with van der Waals surface area (Å²) in [5.74, 6) is 0.0672. The van der Waals surface area contributed by atoms with E-state index in [1.54, 1.807) is 42.5 Å². The third-order valence-electron chi connectivity index (χ3n) is 3.76. The predicted molar refractivity (Wildman–Crippen MR) is 109 cm³/mol. The molecule has 0 bridgehead atoms. The van der Waals surface area contributed by atoms with Crippen molar-refractivity contribution in [1.82, 2.24) is 0 Å². The summed E-state index contributed by atoms with van der Waals surface area (Å²) in [5.41, 5.74) is 13.1. The van der Waals surface area contributed by atoms with Crippen LogP contribution in [0.3, 0.4) is 0 Å². The molecule has 0 amide bonds. The van der Waals surface area contributed by atoms with Gasteiger partial charge in [0.05, 0.1) is 5.56 Å². The molecule has 3 aromatic rings. The summed E-state index contributed by atoms with van der Waals surface area (Å²) in [6.45, 7) is 0.433. The molecule has 0 radical (unpaired) electrons. The van der Waals surface area contributed by atoms with Crippen molar-refractivity contribution in [2.24, 2.45) is 11.5 Å². The van der Waals surface area contributed by atoms with Crippen molar-refractivity contribution < 1.29 is 9.53 Å². The van der Waals surface area contributed by atoms with Crippen LogP contribution in [0.4, 0.5) is 0 Å². The van der Waals surface area contributed by atoms with E-state index in [0.717, 1.165) is 16.3 Å². The molecule has 5 nitrogen and oxygen atoms in total. The quantitative estimate of drug-likeness (QED) is 0.273. The van der Waals surface area contributed by atoms with Crippen LogP contribution in [0.15, 0.2) is 60.7 Å². The molecular weight excluding hydrogens is 373 g/mol. The number of fused-ring (bicyclic) bond motifs is 1. The molecule has 0 aliphatic rings. The molecular formula is C19H19Cl2N3O2. The van der Waals surface area contributed by atoms with Gasteiger partial charge in [0, 0.05) is 12.1 Å². The smallest absolute Gasteiger partial charge is 0.343 e. The molecule has 0 aliphatic carbocycles. The summed E-state index contributed by atoms with van der Waals surface area (Å²) in [4.78, 5) is 12.2. The number of nitrogen functional groups attached to an aromatic ring is 1. The SMILES string of the molecule is Cl.Cl.N=C(N)c1ccc2cc(OC(=O)c3ccc(CN)cc3)ccc2c1. The summed E-state index contributed by atoms with van der Waals surface area (Å²) < 4.78 is 5.42. The first-order chi connectivity index (χ1) is 11.6. The number of nitrogens with one attached hydrogen (secondary N) is 1. The maximum absolute atomic E-state index is 12.2. The molecule has 0 aromatic heterocycles. The molecule has 0 unspecified atom stereocenters. The van der Waals surface area contributed by atoms with Crippen molar-refractivity contribution in [2.75, 3.05) is 0 Å². The van der Waals surface area contributed by atoms with Gasteiger partial charge in [-0.3, -0.25) is 5.41 Å². The Bertz CT molecular complexity index is 928. The van der Waals surface area contributed by atoms with Crippen LogP contribution in [0.1, 0.15) is 21.5 Å². The monoisotopic (exact) mass is 391 g/mol. The number of carbonyl (C=O) groups is 1. The van der Waals surface area contributed by atoms with Gasteiger partial charge in [-0.15, -0.1) is 24.8 Å². The van der Waals surface area contributed by atoms with Gasteiger partial charge < -0.3 is 16.2 Å². The van der Waals surface area contributed by atoms with Gasteiger partial charge in [0.2, 0.25) is 0 Å². The fourth-order valence-corrected chi connectivity index (χ4v) is 2.40. The molecule has 3 rings (SSSR count). The second kappa shape index (κ2) is 9.20. The van der Waals surface area contributed by atoms with Gasteiger partial charge in [-0.1, -0.05) is 30.3 Å². The van der Waals surface area contributed by atoms with Crippen LogP contribution in [0.5, 0.6) is 5.75 Å². The van der Waals surface area contributed by atoms with Gasteiger partial charge in [-0.2, -0.15) is 0 Å². The van der Waals surface area contributed by atoms with Gasteiger partial charge in [0.1, 0.15) is 11.6 Å². The maximum Gasteiger partial charge on any atom is 0.343 e. The average Bonchev–Trinajstić information content (AvgIpc) is 2.61. The van der Waals surface area contributed by atoms with Crippen LogP contribution in [0.25, 0.3) is 10.8 Å². The highest BCUT2D eigenvalue weighted by Gasteiger charge is 2.09. The summed E-state index contributed by atoms with van der Waals surface area (Å²) in [6, 6.07) is 17.8. The van der Waals surface area contributed by atoms with Gasteiger partial charge in [0.15, 0.2) is 0 Å². The van der Waals surface area contributed by atoms with Crippen molar-refractivity contribution in [3.8, 4) is 5.75 Å². The van der Waals surface area contributed by atoms with Gasteiger partial charge in [-0.05, 0) is 46.7 Å². The maximum atomic E-state index is 12.2. The van der Waals surface area contributed by atoms with Crippen LogP contribution in [-0.2, 0) is 6.54 Å². The first-order valence-electron chi connectivity index (χ1n) is 7.46. The molecule has 0 atom stereocenters. The lowest BCUT2D eigenvalue weighted by Crippen LogP contribution is -2.10. The average molecular weight is 392 g/mol. The van der Waals surface area contributed by atoms with E-state index in [1.165, 1.54) is 0 Å². The van der Waals surface area contributed by atoms with Gasteiger partial charge in [-0.25, -0.2) is 4.79 Å². The van der Waals surface area contributed by atoms with Crippen molar-refractivity contribution in [3.63, 3.8) is 0 Å². The lowest BCUT2D eigenvalue weighted by molar-refractivity contribution is 0.0735. The van der Waals surface area contributed by atoms with Crippen LogP contribution >= 0.6 is 24.8 Å². The molecule has 26 heavy (non-hydrogen) atoms. The number of carbonyl (C=O) groups excluding carboxylic acids is 1. The highest BCUT2D eigenvalue weighted by Crippen LogP contribution is 2.23. The Morgan fingerprint density at radius 3 is 2.08 bits per heavy atom.